The molecule has 0 aliphatic rings. The van der Waals surface area contributed by atoms with Gasteiger partial charge in [0.2, 0.25) is 6.33 Å². The topological polar surface area (TPSA) is 8.81 Å². The Labute approximate surface area is 87.7 Å². The number of imidazole rings is 1. The predicted octanol–water partition coefficient (Wildman–Crippen LogP) is 3.33. The second kappa shape index (κ2) is 3.67. The first kappa shape index (κ1) is 14.8. The van der Waals surface area contributed by atoms with Crippen molar-refractivity contribution in [1.29, 1.82) is 0 Å². The molecule has 1 aromatic rings. The predicted molar refractivity (Wildman–Crippen MR) is 48.0 cm³/mol. The molecule has 94 valence electrons. The third kappa shape index (κ3) is 15.3. The van der Waals surface area contributed by atoms with Crippen LogP contribution in [0.15, 0.2) is 18.7 Å². The van der Waals surface area contributed by atoms with Gasteiger partial charge in [0.1, 0.15) is 12.4 Å². The van der Waals surface area contributed by atoms with Gasteiger partial charge in [-0.15, -0.1) is 6.42 Å². The Hall–Kier alpha value is -1.22. The van der Waals surface area contributed by atoms with Crippen molar-refractivity contribution in [3.63, 3.8) is 0 Å². The number of terminal acetylenes is 1. The van der Waals surface area contributed by atoms with Crippen LogP contribution in [0.5, 0.6) is 0 Å². The molecular formula is C7H9F6N2P. The number of aromatic nitrogens is 2. The van der Waals surface area contributed by atoms with Gasteiger partial charge in [-0.25, -0.2) is 9.13 Å². The first-order valence-corrected chi connectivity index (χ1v) is 5.81. The zero-order chi connectivity index (χ0) is 13.1. The van der Waals surface area contributed by atoms with Gasteiger partial charge in [0, 0.05) is 0 Å². The van der Waals surface area contributed by atoms with E-state index < -0.39 is 7.81 Å². The molecule has 0 aliphatic carbocycles. The van der Waals surface area contributed by atoms with E-state index in [0.29, 0.717) is 6.54 Å². The maximum atomic E-state index is 9.87. The van der Waals surface area contributed by atoms with E-state index in [-0.39, 0.29) is 0 Å². The van der Waals surface area contributed by atoms with Crippen molar-refractivity contribution in [2.24, 2.45) is 7.05 Å². The zero-order valence-electron chi connectivity index (χ0n) is 8.13. The van der Waals surface area contributed by atoms with E-state index in [1.807, 2.05) is 34.9 Å². The number of aryl methyl sites for hydroxylation is 1. The number of nitrogens with zero attached hydrogens (tertiary/aromatic N) is 2. The molecule has 0 atom stereocenters. The molecule has 0 spiro atoms. The van der Waals surface area contributed by atoms with Crippen LogP contribution < -0.4 is 4.57 Å². The summed E-state index contributed by atoms with van der Waals surface area (Å²) in [6.07, 6.45) is 10.9. The summed E-state index contributed by atoms with van der Waals surface area (Å²) < 4.78 is 63.1. The summed E-state index contributed by atoms with van der Waals surface area (Å²) >= 11 is 0. The Morgan fingerprint density at radius 2 is 1.69 bits per heavy atom. The average Bonchev–Trinajstić information content (AvgIpc) is 2.29. The van der Waals surface area contributed by atoms with Crippen LogP contribution in [0.4, 0.5) is 25.2 Å². The van der Waals surface area contributed by atoms with Crippen molar-refractivity contribution in [2.45, 2.75) is 6.54 Å². The van der Waals surface area contributed by atoms with Crippen molar-refractivity contribution in [2.75, 3.05) is 0 Å². The molecule has 0 saturated heterocycles. The molecule has 9 heteroatoms. The van der Waals surface area contributed by atoms with E-state index in [0.717, 1.165) is 0 Å². The SMILES string of the molecule is C#CC[n+]1ccn(C)c1.F[P-](F)(F)(F)(F)F. The first-order chi connectivity index (χ1) is 6.78. The van der Waals surface area contributed by atoms with Gasteiger partial charge in [0.05, 0.1) is 7.05 Å². The van der Waals surface area contributed by atoms with E-state index in [1.54, 1.807) is 0 Å². The van der Waals surface area contributed by atoms with Crippen LogP contribution in [-0.4, -0.2) is 4.57 Å². The molecule has 0 amide bonds. The van der Waals surface area contributed by atoms with Crippen LogP contribution in [0.25, 0.3) is 0 Å². The van der Waals surface area contributed by atoms with Crippen LogP contribution in [0, 0.1) is 12.3 Å². The summed E-state index contributed by atoms with van der Waals surface area (Å²) in [6, 6.07) is 0. The molecule has 0 radical (unpaired) electrons. The van der Waals surface area contributed by atoms with E-state index in [4.69, 9.17) is 6.42 Å². The molecule has 1 heterocycles. The molecule has 16 heavy (non-hydrogen) atoms. The van der Waals surface area contributed by atoms with Crippen LogP contribution in [-0.2, 0) is 13.6 Å². The van der Waals surface area contributed by atoms with Crippen molar-refractivity contribution in [1.82, 2.24) is 4.57 Å². The normalized spacial score (nSPS) is 15.1. The van der Waals surface area contributed by atoms with Gasteiger partial charge in [-0.1, -0.05) is 5.92 Å². The van der Waals surface area contributed by atoms with E-state index in [2.05, 4.69) is 5.92 Å². The zero-order valence-corrected chi connectivity index (χ0v) is 9.02. The standard InChI is InChI=1S/C7H9N2.F6P/c1-3-4-9-6-5-8(2)7-9;1-7(2,3,4,5)6/h1,5-7H,4H2,2H3;/q+1;-1. The van der Waals surface area contributed by atoms with Gasteiger partial charge in [0.25, 0.3) is 0 Å². The monoisotopic (exact) mass is 266 g/mol. The Morgan fingerprint density at radius 3 is 1.94 bits per heavy atom. The first-order valence-electron chi connectivity index (χ1n) is 3.79. The third-order valence-corrected chi connectivity index (χ3v) is 1.10. The van der Waals surface area contributed by atoms with Crippen molar-refractivity contribution in [3.8, 4) is 12.3 Å². The molecule has 0 saturated carbocycles. The van der Waals surface area contributed by atoms with Gasteiger partial charge in [-0.05, 0) is 0 Å². The fourth-order valence-electron chi connectivity index (χ4n) is 0.701. The Bertz CT molecular complexity index is 386. The van der Waals surface area contributed by atoms with Crippen LogP contribution in [0.2, 0.25) is 0 Å². The fraction of sp³-hybridized carbons (Fsp3) is 0.286. The van der Waals surface area contributed by atoms with Gasteiger partial charge < -0.3 is 0 Å². The summed E-state index contributed by atoms with van der Waals surface area (Å²) in [5.41, 5.74) is 0. The van der Waals surface area contributed by atoms with Crippen LogP contribution in [0.3, 0.4) is 0 Å². The Kier molecular flexibility index (Phi) is 3.39. The molecule has 0 N–H and O–H groups in total. The van der Waals surface area contributed by atoms with E-state index in [9.17, 15) is 25.2 Å². The molecular weight excluding hydrogens is 257 g/mol. The van der Waals surface area contributed by atoms with Crippen LogP contribution in [0.1, 0.15) is 0 Å². The second-order valence-electron chi connectivity index (χ2n) is 2.91. The number of hydrogen-bond acceptors (Lipinski definition) is 0. The molecule has 2 nitrogen and oxygen atoms in total. The molecule has 1 aromatic heterocycles. The Morgan fingerprint density at radius 1 is 1.25 bits per heavy atom. The molecule has 0 bridgehead atoms. The van der Waals surface area contributed by atoms with Gasteiger partial charge in [-0.2, -0.15) is 0 Å². The minimum absolute atomic E-state index is 0.654. The van der Waals surface area contributed by atoms with Crippen molar-refractivity contribution < 1.29 is 29.7 Å². The third-order valence-electron chi connectivity index (χ3n) is 1.10. The molecule has 0 aliphatic heterocycles. The van der Waals surface area contributed by atoms with Crippen LogP contribution >= 0.6 is 7.81 Å². The van der Waals surface area contributed by atoms with Gasteiger partial charge in [-0.3, -0.25) is 0 Å². The van der Waals surface area contributed by atoms with Crippen molar-refractivity contribution in [3.05, 3.63) is 18.7 Å². The van der Waals surface area contributed by atoms with Gasteiger partial charge in [0.15, 0.2) is 6.54 Å². The minimum atomic E-state index is -10.7. The summed E-state index contributed by atoms with van der Waals surface area (Å²) in [4.78, 5) is 0. The number of hydrogen-bond donors (Lipinski definition) is 0. The summed E-state index contributed by atoms with van der Waals surface area (Å²) in [5.74, 6) is 2.55. The second-order valence-corrected chi connectivity index (χ2v) is 4.83. The number of rotatable bonds is 1. The summed E-state index contributed by atoms with van der Waals surface area (Å²) in [5, 5.41) is 0. The fourth-order valence-corrected chi connectivity index (χ4v) is 0.701. The Balaban J connectivity index is 0.000000293. The molecule has 0 unspecified atom stereocenters. The quantitative estimate of drug-likeness (QED) is 0.319. The summed E-state index contributed by atoms with van der Waals surface area (Å²) in [6.45, 7) is 0.654. The summed E-state index contributed by atoms with van der Waals surface area (Å²) in [7, 11) is -8.69. The van der Waals surface area contributed by atoms with E-state index in [1.165, 1.54) is 0 Å². The molecule has 0 fully saturated rings. The molecule has 1 rings (SSSR count). The van der Waals surface area contributed by atoms with E-state index >= 15 is 0 Å². The van der Waals surface area contributed by atoms with Crippen molar-refractivity contribution >= 4 is 7.81 Å². The number of halogens is 6. The molecule has 0 aromatic carbocycles. The average molecular weight is 266 g/mol. The maximum absolute atomic E-state index is 10.7. The van der Waals surface area contributed by atoms with Gasteiger partial charge >= 0.3 is 33.0 Å².